The van der Waals surface area contributed by atoms with E-state index < -0.39 is 0 Å². The molecule has 5 rings (SSSR count). The molecule has 0 radical (unpaired) electrons. The molecule has 1 aliphatic heterocycles. The first-order chi connectivity index (χ1) is 15.1. The first-order valence-corrected chi connectivity index (χ1v) is 11.6. The van der Waals surface area contributed by atoms with Crippen LogP contribution in [0.4, 0.5) is 5.13 Å². The molecule has 4 aromatic heterocycles. The molecule has 5 heterocycles. The molecule has 0 bridgehead atoms. The van der Waals surface area contributed by atoms with Crippen LogP contribution in [0.5, 0.6) is 0 Å². The number of aromatic nitrogens is 4. The lowest BCUT2D eigenvalue weighted by atomic mass is 9.80. The SMILES string of the molecule is Cc1cn2cc(-c3cc4sc(NC5CC(C)(C)NC(C)(C)C5)nc4cn3)cc(C#N)c2n1. The maximum atomic E-state index is 9.58. The number of imidazole rings is 1. The molecule has 0 saturated carbocycles. The van der Waals surface area contributed by atoms with Crippen molar-refractivity contribution in [1.29, 1.82) is 5.26 Å². The van der Waals surface area contributed by atoms with E-state index >= 15 is 0 Å². The molecule has 0 atom stereocenters. The number of piperidine rings is 1. The Kier molecular flexibility index (Phi) is 4.73. The highest BCUT2D eigenvalue weighted by molar-refractivity contribution is 7.22. The van der Waals surface area contributed by atoms with Crippen LogP contribution in [0.15, 0.2) is 30.7 Å². The maximum absolute atomic E-state index is 9.58. The zero-order chi connectivity index (χ0) is 22.7. The van der Waals surface area contributed by atoms with Crippen molar-refractivity contribution in [2.45, 2.75) is 64.6 Å². The average Bonchev–Trinajstić information content (AvgIpc) is 3.25. The minimum absolute atomic E-state index is 0.0770. The van der Waals surface area contributed by atoms with Crippen molar-refractivity contribution in [3.63, 3.8) is 0 Å². The van der Waals surface area contributed by atoms with E-state index in [0.717, 1.165) is 45.1 Å². The van der Waals surface area contributed by atoms with E-state index in [1.165, 1.54) is 0 Å². The van der Waals surface area contributed by atoms with E-state index in [4.69, 9.17) is 4.98 Å². The molecule has 1 saturated heterocycles. The van der Waals surface area contributed by atoms with Crippen molar-refractivity contribution in [2.24, 2.45) is 0 Å². The van der Waals surface area contributed by atoms with Gasteiger partial charge in [-0.25, -0.2) is 9.97 Å². The molecule has 1 fully saturated rings. The number of hydrogen-bond acceptors (Lipinski definition) is 7. The van der Waals surface area contributed by atoms with E-state index in [1.54, 1.807) is 11.3 Å². The summed E-state index contributed by atoms with van der Waals surface area (Å²) in [4.78, 5) is 13.9. The molecular weight excluding hydrogens is 418 g/mol. The van der Waals surface area contributed by atoms with Gasteiger partial charge in [-0.2, -0.15) is 5.26 Å². The summed E-state index contributed by atoms with van der Waals surface area (Å²) in [6.45, 7) is 10.9. The fourth-order valence-electron chi connectivity index (χ4n) is 5.09. The molecule has 0 aliphatic carbocycles. The molecule has 4 aromatic rings. The van der Waals surface area contributed by atoms with Gasteiger partial charge in [0.25, 0.3) is 0 Å². The largest absolute Gasteiger partial charge is 0.359 e. The van der Waals surface area contributed by atoms with Crippen LogP contribution in [0.2, 0.25) is 0 Å². The van der Waals surface area contributed by atoms with Crippen molar-refractivity contribution < 1.29 is 0 Å². The number of pyridine rings is 2. The first-order valence-electron chi connectivity index (χ1n) is 10.8. The lowest BCUT2D eigenvalue weighted by Gasteiger charge is -2.46. The van der Waals surface area contributed by atoms with Crippen molar-refractivity contribution in [3.8, 4) is 17.3 Å². The predicted octanol–water partition coefficient (Wildman–Crippen LogP) is 4.91. The third kappa shape index (κ3) is 3.94. The molecule has 8 heteroatoms. The number of nitriles is 1. The third-order valence-electron chi connectivity index (χ3n) is 5.88. The Morgan fingerprint density at radius 3 is 2.62 bits per heavy atom. The summed E-state index contributed by atoms with van der Waals surface area (Å²) in [5.74, 6) is 0. The first kappa shape index (κ1) is 20.9. The Morgan fingerprint density at radius 2 is 1.91 bits per heavy atom. The van der Waals surface area contributed by atoms with Crippen LogP contribution in [0.3, 0.4) is 0 Å². The van der Waals surface area contributed by atoms with Gasteiger partial charge in [0.05, 0.1) is 27.8 Å². The highest BCUT2D eigenvalue weighted by Crippen LogP contribution is 2.34. The molecule has 2 N–H and O–H groups in total. The van der Waals surface area contributed by atoms with Gasteiger partial charge in [0.2, 0.25) is 0 Å². The van der Waals surface area contributed by atoms with Crippen LogP contribution < -0.4 is 10.6 Å². The zero-order valence-electron chi connectivity index (χ0n) is 19.0. The van der Waals surface area contributed by atoms with E-state index in [1.807, 2.05) is 36.0 Å². The minimum Gasteiger partial charge on any atom is -0.359 e. The van der Waals surface area contributed by atoms with Crippen molar-refractivity contribution >= 4 is 32.3 Å². The summed E-state index contributed by atoms with van der Waals surface area (Å²) in [6.07, 6.45) is 7.80. The molecule has 164 valence electrons. The van der Waals surface area contributed by atoms with Gasteiger partial charge in [-0.3, -0.25) is 4.98 Å². The Hall–Kier alpha value is -3.02. The number of thiazole rings is 1. The van der Waals surface area contributed by atoms with Crippen LogP contribution >= 0.6 is 11.3 Å². The normalized spacial score (nSPS) is 18.1. The summed E-state index contributed by atoms with van der Waals surface area (Å²) < 4.78 is 2.97. The van der Waals surface area contributed by atoms with Gasteiger partial charge in [0.15, 0.2) is 10.8 Å². The fourth-order valence-corrected chi connectivity index (χ4v) is 6.05. The van der Waals surface area contributed by atoms with Crippen LogP contribution in [0.1, 0.15) is 51.8 Å². The molecule has 0 unspecified atom stereocenters. The number of nitrogens with zero attached hydrogens (tertiary/aromatic N) is 5. The summed E-state index contributed by atoms with van der Waals surface area (Å²) in [5, 5.41) is 17.9. The molecular formula is C24H27N7S. The summed E-state index contributed by atoms with van der Waals surface area (Å²) in [7, 11) is 0. The number of fused-ring (bicyclic) bond motifs is 2. The van der Waals surface area contributed by atoms with Crippen molar-refractivity contribution in [3.05, 3.63) is 42.0 Å². The Balaban J connectivity index is 1.46. The molecule has 32 heavy (non-hydrogen) atoms. The van der Waals surface area contributed by atoms with Gasteiger partial charge in [-0.1, -0.05) is 11.3 Å². The van der Waals surface area contributed by atoms with E-state index in [0.29, 0.717) is 17.3 Å². The smallest absolute Gasteiger partial charge is 0.184 e. The highest BCUT2D eigenvalue weighted by atomic mass is 32.1. The Labute approximate surface area is 191 Å². The monoisotopic (exact) mass is 445 g/mol. The Morgan fingerprint density at radius 1 is 1.16 bits per heavy atom. The highest BCUT2D eigenvalue weighted by Gasteiger charge is 2.37. The topological polar surface area (TPSA) is 90.9 Å². The minimum atomic E-state index is 0.0770. The number of hydrogen-bond donors (Lipinski definition) is 2. The molecule has 0 amide bonds. The lowest BCUT2D eigenvalue weighted by Crippen LogP contribution is -2.60. The summed E-state index contributed by atoms with van der Waals surface area (Å²) in [5.41, 5.74) is 4.84. The van der Waals surface area contributed by atoms with Crippen molar-refractivity contribution in [1.82, 2.24) is 24.7 Å². The lowest BCUT2D eigenvalue weighted by molar-refractivity contribution is 0.170. The second kappa shape index (κ2) is 7.26. The van der Waals surface area contributed by atoms with Crippen LogP contribution in [0.25, 0.3) is 27.1 Å². The Bertz CT molecular complexity index is 1360. The van der Waals surface area contributed by atoms with Crippen molar-refractivity contribution in [2.75, 3.05) is 5.32 Å². The van der Waals surface area contributed by atoms with Gasteiger partial charge < -0.3 is 15.0 Å². The van der Waals surface area contributed by atoms with Gasteiger partial charge in [-0.15, -0.1) is 0 Å². The standard InChI is InChI=1S/C24H27N7S/c1-14-12-31-13-16(6-15(10-25)21(31)27-14)18-7-20-19(11-26-18)29-22(32-20)28-17-8-23(2,3)30-24(4,5)9-17/h6-7,11-13,17,30H,8-9H2,1-5H3,(H,28,29). The summed E-state index contributed by atoms with van der Waals surface area (Å²) >= 11 is 1.65. The van der Waals surface area contributed by atoms with Crippen LogP contribution in [0, 0.1) is 18.3 Å². The third-order valence-corrected chi connectivity index (χ3v) is 6.83. The van der Waals surface area contributed by atoms with E-state index in [2.05, 4.69) is 60.4 Å². The number of nitrogens with one attached hydrogen (secondary N) is 2. The predicted molar refractivity (Wildman–Crippen MR) is 129 cm³/mol. The zero-order valence-corrected chi connectivity index (χ0v) is 19.8. The van der Waals surface area contributed by atoms with Gasteiger partial charge in [0.1, 0.15) is 11.6 Å². The fraction of sp³-hybridized carbons (Fsp3) is 0.417. The van der Waals surface area contributed by atoms with Gasteiger partial charge in [-0.05, 0) is 59.6 Å². The second-order valence-corrected chi connectivity index (χ2v) is 11.1. The van der Waals surface area contributed by atoms with Crippen LogP contribution in [-0.4, -0.2) is 36.5 Å². The molecule has 0 aromatic carbocycles. The molecule has 0 spiro atoms. The average molecular weight is 446 g/mol. The number of anilines is 1. The number of aryl methyl sites for hydroxylation is 1. The second-order valence-electron chi connectivity index (χ2n) is 10.1. The quantitative estimate of drug-likeness (QED) is 0.466. The van der Waals surface area contributed by atoms with Gasteiger partial charge in [0, 0.05) is 35.1 Å². The maximum Gasteiger partial charge on any atom is 0.184 e. The van der Waals surface area contributed by atoms with Crippen LogP contribution in [-0.2, 0) is 0 Å². The van der Waals surface area contributed by atoms with E-state index in [-0.39, 0.29) is 11.1 Å². The van der Waals surface area contributed by atoms with Gasteiger partial charge >= 0.3 is 0 Å². The van der Waals surface area contributed by atoms with E-state index in [9.17, 15) is 5.26 Å². The molecule has 7 nitrogen and oxygen atoms in total. The summed E-state index contributed by atoms with van der Waals surface area (Å²) in [6, 6.07) is 6.53. The molecule has 1 aliphatic rings. The number of rotatable bonds is 3.